The molecule has 4 nitrogen and oxygen atoms in total. The number of thiocarbonyl (C=S) groups is 1. The maximum atomic E-state index is 11.2. The molecule has 0 radical (unpaired) electrons. The first-order chi connectivity index (χ1) is 9.13. The fraction of sp³-hybridized carbons (Fsp3) is 0.143. The Balaban J connectivity index is 2.49. The van der Waals surface area contributed by atoms with Gasteiger partial charge in [0.1, 0.15) is 0 Å². The predicted octanol–water partition coefficient (Wildman–Crippen LogP) is 3.27. The lowest BCUT2D eigenvalue weighted by molar-refractivity contribution is 0.0699. The van der Waals surface area contributed by atoms with E-state index in [-0.39, 0.29) is 10.7 Å². The van der Waals surface area contributed by atoms with Crippen LogP contribution in [-0.4, -0.2) is 22.9 Å². The molecule has 0 amide bonds. The summed E-state index contributed by atoms with van der Waals surface area (Å²) in [7, 11) is 0. The highest BCUT2D eigenvalue weighted by Crippen LogP contribution is 2.26. The molecule has 0 spiro atoms. The number of anilines is 1. The van der Waals surface area contributed by atoms with Crippen molar-refractivity contribution in [2.45, 2.75) is 6.92 Å². The van der Waals surface area contributed by atoms with Gasteiger partial charge >= 0.3 is 5.97 Å². The molecule has 0 fully saturated rings. The van der Waals surface area contributed by atoms with E-state index < -0.39 is 5.97 Å². The van der Waals surface area contributed by atoms with E-state index in [1.54, 1.807) is 24.3 Å². The van der Waals surface area contributed by atoms with Crippen LogP contribution in [-0.2, 0) is 4.74 Å². The Morgan fingerprint density at radius 3 is 2.58 bits per heavy atom. The third-order valence-corrected chi connectivity index (χ3v) is 2.89. The largest absolute Gasteiger partial charge is 0.478 e. The molecule has 0 saturated carbocycles. The molecule has 0 saturated heterocycles. The highest BCUT2D eigenvalue weighted by atomic mass is 32.1. The van der Waals surface area contributed by atoms with Crippen molar-refractivity contribution in [2.75, 3.05) is 11.9 Å². The van der Waals surface area contributed by atoms with Crippen molar-refractivity contribution in [1.29, 1.82) is 0 Å². The molecule has 2 aromatic rings. The lowest BCUT2D eigenvalue weighted by Gasteiger charge is -2.12. The van der Waals surface area contributed by atoms with Gasteiger partial charge in [-0.3, -0.25) is 0 Å². The van der Waals surface area contributed by atoms with E-state index in [4.69, 9.17) is 22.1 Å². The van der Waals surface area contributed by atoms with E-state index in [0.29, 0.717) is 12.0 Å². The minimum atomic E-state index is -0.949. The predicted molar refractivity (Wildman–Crippen MR) is 78.8 cm³/mol. The quantitative estimate of drug-likeness (QED) is 0.842. The van der Waals surface area contributed by atoms with E-state index in [9.17, 15) is 4.79 Å². The number of rotatable bonds is 3. The Kier molecular flexibility index (Phi) is 3.97. The van der Waals surface area contributed by atoms with Crippen LogP contribution in [0.25, 0.3) is 10.8 Å². The Morgan fingerprint density at radius 1 is 1.26 bits per heavy atom. The van der Waals surface area contributed by atoms with Crippen LogP contribution in [0.4, 0.5) is 5.69 Å². The molecule has 5 heteroatoms. The van der Waals surface area contributed by atoms with E-state index in [1.807, 2.05) is 19.1 Å². The van der Waals surface area contributed by atoms with E-state index in [1.165, 1.54) is 0 Å². The summed E-state index contributed by atoms with van der Waals surface area (Å²) in [5.41, 5.74) is 1.00. The molecule has 98 valence electrons. The Hall–Kier alpha value is -2.14. The van der Waals surface area contributed by atoms with Crippen molar-refractivity contribution in [3.63, 3.8) is 0 Å². The smallest absolute Gasteiger partial charge is 0.336 e. The molecule has 0 atom stereocenters. The summed E-state index contributed by atoms with van der Waals surface area (Å²) in [5.74, 6) is -0.949. The van der Waals surface area contributed by atoms with E-state index in [0.717, 1.165) is 11.1 Å². The van der Waals surface area contributed by atoms with Crippen LogP contribution >= 0.6 is 12.2 Å². The van der Waals surface area contributed by atoms with Gasteiger partial charge in [-0.15, -0.1) is 0 Å². The first kappa shape index (κ1) is 13.3. The van der Waals surface area contributed by atoms with Crippen LogP contribution in [0, 0.1) is 0 Å². The molecule has 0 aliphatic carbocycles. The molecule has 2 rings (SSSR count). The number of benzene rings is 2. The average Bonchev–Trinajstić information content (AvgIpc) is 2.39. The standard InChI is InChI=1S/C14H13NO3S/c1-2-18-14(19)15-12-8-7-11(13(16)17)9-5-3-4-6-10(9)12/h3-8H,2H2,1H3,(H,15,19)(H,16,17). The Labute approximate surface area is 116 Å². The van der Waals surface area contributed by atoms with Gasteiger partial charge in [0, 0.05) is 11.1 Å². The first-order valence-electron chi connectivity index (χ1n) is 5.82. The van der Waals surface area contributed by atoms with Gasteiger partial charge in [0.15, 0.2) is 0 Å². The van der Waals surface area contributed by atoms with Gasteiger partial charge < -0.3 is 15.2 Å². The van der Waals surface area contributed by atoms with Crippen molar-refractivity contribution in [3.8, 4) is 0 Å². The second kappa shape index (κ2) is 5.67. The number of ether oxygens (including phenoxy) is 1. The fourth-order valence-electron chi connectivity index (χ4n) is 1.87. The summed E-state index contributed by atoms with van der Waals surface area (Å²) >= 11 is 5.03. The summed E-state index contributed by atoms with van der Waals surface area (Å²) in [6.45, 7) is 2.33. The van der Waals surface area contributed by atoms with Gasteiger partial charge in [-0.05, 0) is 36.7 Å². The number of carbonyl (C=O) groups is 1. The molecular weight excluding hydrogens is 262 g/mol. The number of aromatic carboxylic acids is 1. The lowest BCUT2D eigenvalue weighted by Crippen LogP contribution is -2.13. The molecule has 0 unspecified atom stereocenters. The van der Waals surface area contributed by atoms with Crippen molar-refractivity contribution in [1.82, 2.24) is 0 Å². The van der Waals surface area contributed by atoms with Gasteiger partial charge in [-0.1, -0.05) is 24.3 Å². The molecule has 0 heterocycles. The zero-order valence-electron chi connectivity index (χ0n) is 10.3. The number of fused-ring (bicyclic) bond motifs is 1. The van der Waals surface area contributed by atoms with Gasteiger partial charge in [-0.2, -0.15) is 0 Å². The summed E-state index contributed by atoms with van der Waals surface area (Å²) < 4.78 is 5.18. The van der Waals surface area contributed by atoms with Crippen LogP contribution in [0.1, 0.15) is 17.3 Å². The van der Waals surface area contributed by atoms with Crippen molar-refractivity contribution in [2.24, 2.45) is 0 Å². The highest BCUT2D eigenvalue weighted by molar-refractivity contribution is 7.80. The third kappa shape index (κ3) is 2.82. The first-order valence-corrected chi connectivity index (χ1v) is 6.23. The van der Waals surface area contributed by atoms with Crippen molar-refractivity contribution in [3.05, 3.63) is 42.0 Å². The zero-order chi connectivity index (χ0) is 13.8. The van der Waals surface area contributed by atoms with E-state index >= 15 is 0 Å². The molecule has 0 aliphatic heterocycles. The topological polar surface area (TPSA) is 58.6 Å². The number of hydrogen-bond donors (Lipinski definition) is 2. The minimum Gasteiger partial charge on any atom is -0.478 e. The second-order valence-corrected chi connectivity index (χ2v) is 4.23. The maximum absolute atomic E-state index is 11.2. The number of nitrogens with one attached hydrogen (secondary N) is 1. The van der Waals surface area contributed by atoms with Gasteiger partial charge in [0.2, 0.25) is 0 Å². The summed E-state index contributed by atoms with van der Waals surface area (Å²) in [5, 5.41) is 13.9. The lowest BCUT2D eigenvalue weighted by atomic mass is 10.0. The summed E-state index contributed by atoms with van der Waals surface area (Å²) in [6.07, 6.45) is 0. The van der Waals surface area contributed by atoms with Crippen LogP contribution in [0.15, 0.2) is 36.4 Å². The summed E-state index contributed by atoms with van der Waals surface area (Å²) in [6, 6.07) is 10.5. The summed E-state index contributed by atoms with van der Waals surface area (Å²) in [4.78, 5) is 11.2. The van der Waals surface area contributed by atoms with E-state index in [2.05, 4.69) is 5.32 Å². The molecule has 0 bridgehead atoms. The van der Waals surface area contributed by atoms with Gasteiger partial charge in [0.05, 0.1) is 12.2 Å². The SMILES string of the molecule is CCOC(=S)Nc1ccc(C(=O)O)c2ccccc12. The van der Waals surface area contributed by atoms with Gasteiger partial charge in [0.25, 0.3) is 5.17 Å². The molecular formula is C14H13NO3S. The Bertz CT molecular complexity index is 640. The number of carboxylic acids is 1. The highest BCUT2D eigenvalue weighted by Gasteiger charge is 2.11. The fourth-order valence-corrected chi connectivity index (χ4v) is 2.10. The third-order valence-electron chi connectivity index (χ3n) is 2.67. The Morgan fingerprint density at radius 2 is 1.95 bits per heavy atom. The zero-order valence-corrected chi connectivity index (χ0v) is 11.2. The van der Waals surface area contributed by atoms with Gasteiger partial charge in [-0.25, -0.2) is 4.79 Å². The second-order valence-electron chi connectivity index (χ2n) is 3.86. The number of hydrogen-bond acceptors (Lipinski definition) is 3. The monoisotopic (exact) mass is 275 g/mol. The maximum Gasteiger partial charge on any atom is 0.336 e. The average molecular weight is 275 g/mol. The minimum absolute atomic E-state index is 0.267. The molecule has 2 N–H and O–H groups in total. The van der Waals surface area contributed by atoms with Crippen LogP contribution in [0.3, 0.4) is 0 Å². The molecule has 19 heavy (non-hydrogen) atoms. The molecule has 0 aliphatic rings. The van der Waals surface area contributed by atoms with Crippen LogP contribution in [0.5, 0.6) is 0 Å². The molecule has 2 aromatic carbocycles. The molecule has 0 aromatic heterocycles. The van der Waals surface area contributed by atoms with Crippen molar-refractivity contribution >= 4 is 39.8 Å². The normalized spacial score (nSPS) is 10.2. The van der Waals surface area contributed by atoms with Crippen molar-refractivity contribution < 1.29 is 14.6 Å². The number of carboxylic acid groups (broad SMARTS) is 1. The van der Waals surface area contributed by atoms with Crippen LogP contribution in [0.2, 0.25) is 0 Å². The van der Waals surface area contributed by atoms with Crippen LogP contribution < -0.4 is 5.32 Å².